The molecular formula is C18H25NO2. The second-order valence-electron chi connectivity index (χ2n) is 5.42. The van der Waals surface area contributed by atoms with E-state index < -0.39 is 5.97 Å². The molecule has 3 heteroatoms. The molecule has 1 aromatic rings. The second kappa shape index (κ2) is 8.42. The van der Waals surface area contributed by atoms with Crippen molar-refractivity contribution in [2.75, 3.05) is 13.1 Å². The van der Waals surface area contributed by atoms with E-state index in [1.165, 1.54) is 16.7 Å². The highest BCUT2D eigenvalue weighted by Crippen LogP contribution is 2.17. The van der Waals surface area contributed by atoms with Crippen LogP contribution in [0.5, 0.6) is 0 Å². The van der Waals surface area contributed by atoms with Gasteiger partial charge in [0.1, 0.15) is 0 Å². The highest BCUT2D eigenvalue weighted by Gasteiger charge is 2.20. The van der Waals surface area contributed by atoms with Gasteiger partial charge in [-0.3, -0.25) is 9.69 Å². The van der Waals surface area contributed by atoms with E-state index in [0.29, 0.717) is 13.1 Å². The van der Waals surface area contributed by atoms with Crippen molar-refractivity contribution >= 4 is 5.97 Å². The van der Waals surface area contributed by atoms with E-state index in [2.05, 4.69) is 50.1 Å². The largest absolute Gasteiger partial charge is 0.481 e. The Labute approximate surface area is 127 Å². The fourth-order valence-corrected chi connectivity index (χ4v) is 2.56. The van der Waals surface area contributed by atoms with Crippen molar-refractivity contribution in [2.24, 2.45) is 0 Å². The van der Waals surface area contributed by atoms with Crippen LogP contribution in [0.1, 0.15) is 23.1 Å². The van der Waals surface area contributed by atoms with Crippen LogP contribution in [0.15, 0.2) is 43.5 Å². The van der Waals surface area contributed by atoms with E-state index in [0.717, 1.165) is 6.42 Å². The minimum Gasteiger partial charge on any atom is -0.481 e. The van der Waals surface area contributed by atoms with Crippen molar-refractivity contribution in [1.29, 1.82) is 0 Å². The third-order valence-electron chi connectivity index (χ3n) is 3.61. The number of nitrogens with zero attached hydrogens (tertiary/aromatic N) is 1. The predicted octanol–water partition coefficient (Wildman–Crippen LogP) is 3.36. The van der Waals surface area contributed by atoms with Crippen LogP contribution in [0.25, 0.3) is 0 Å². The summed E-state index contributed by atoms with van der Waals surface area (Å²) in [5, 5.41) is 9.18. The first kappa shape index (κ1) is 17.2. The van der Waals surface area contributed by atoms with Crippen LogP contribution < -0.4 is 0 Å². The zero-order valence-corrected chi connectivity index (χ0v) is 13.0. The summed E-state index contributed by atoms with van der Waals surface area (Å²) in [7, 11) is 0. The number of aryl methyl sites for hydroxylation is 2. The van der Waals surface area contributed by atoms with Gasteiger partial charge in [-0.05, 0) is 31.4 Å². The van der Waals surface area contributed by atoms with Crippen LogP contribution in [0.3, 0.4) is 0 Å². The zero-order chi connectivity index (χ0) is 15.8. The Morgan fingerprint density at radius 1 is 1.29 bits per heavy atom. The summed E-state index contributed by atoms with van der Waals surface area (Å²) in [6.07, 6.45) is 4.45. The number of carboxylic acids is 1. The van der Waals surface area contributed by atoms with Gasteiger partial charge < -0.3 is 5.11 Å². The van der Waals surface area contributed by atoms with Gasteiger partial charge in [0.25, 0.3) is 0 Å². The van der Waals surface area contributed by atoms with E-state index in [-0.39, 0.29) is 12.5 Å². The molecule has 0 saturated carbocycles. The standard InChI is InChI=1S/C18H25NO2/c1-5-9-19(10-6-2)17(13-18(20)21)12-16-8-7-14(3)11-15(16)4/h5-8,11,17H,1-2,9-10,12-13H2,3-4H3,(H,20,21). The normalized spacial score (nSPS) is 12.1. The lowest BCUT2D eigenvalue weighted by Crippen LogP contribution is -2.39. The molecule has 1 rings (SSSR count). The topological polar surface area (TPSA) is 40.5 Å². The lowest BCUT2D eigenvalue weighted by Gasteiger charge is -2.29. The summed E-state index contributed by atoms with van der Waals surface area (Å²) in [5.74, 6) is -0.775. The van der Waals surface area contributed by atoms with Crippen LogP contribution in [0, 0.1) is 13.8 Å². The van der Waals surface area contributed by atoms with Gasteiger partial charge in [-0.1, -0.05) is 35.9 Å². The average Bonchev–Trinajstić information content (AvgIpc) is 2.40. The highest BCUT2D eigenvalue weighted by molar-refractivity contribution is 5.67. The smallest absolute Gasteiger partial charge is 0.304 e. The van der Waals surface area contributed by atoms with Gasteiger partial charge in [0.2, 0.25) is 0 Å². The maximum atomic E-state index is 11.2. The van der Waals surface area contributed by atoms with Crippen molar-refractivity contribution in [1.82, 2.24) is 4.90 Å². The molecule has 1 atom stereocenters. The SMILES string of the molecule is C=CCN(CC=C)C(CC(=O)O)Cc1ccc(C)cc1C. The molecule has 114 valence electrons. The van der Waals surface area contributed by atoms with Crippen LogP contribution in [0.4, 0.5) is 0 Å². The first-order valence-electron chi connectivity index (χ1n) is 7.21. The molecule has 0 aromatic heterocycles. The number of carboxylic acid groups (broad SMARTS) is 1. The van der Waals surface area contributed by atoms with E-state index >= 15 is 0 Å². The summed E-state index contributed by atoms with van der Waals surface area (Å²) < 4.78 is 0. The summed E-state index contributed by atoms with van der Waals surface area (Å²) in [5.41, 5.74) is 3.63. The van der Waals surface area contributed by atoms with Crippen LogP contribution in [-0.4, -0.2) is 35.1 Å². The molecule has 0 fully saturated rings. The number of rotatable bonds is 9. The molecule has 3 nitrogen and oxygen atoms in total. The lowest BCUT2D eigenvalue weighted by atomic mass is 9.96. The molecule has 0 radical (unpaired) electrons. The van der Waals surface area contributed by atoms with Gasteiger partial charge in [-0.25, -0.2) is 0 Å². The molecule has 1 unspecified atom stereocenters. The Morgan fingerprint density at radius 3 is 2.38 bits per heavy atom. The first-order valence-corrected chi connectivity index (χ1v) is 7.21. The number of aliphatic carboxylic acids is 1. The van der Waals surface area contributed by atoms with Crippen LogP contribution >= 0.6 is 0 Å². The number of carbonyl (C=O) groups is 1. The number of hydrogen-bond donors (Lipinski definition) is 1. The average molecular weight is 287 g/mol. The van der Waals surface area contributed by atoms with E-state index in [4.69, 9.17) is 0 Å². The Bertz CT molecular complexity index is 498. The minimum absolute atomic E-state index is 0.0556. The van der Waals surface area contributed by atoms with E-state index in [9.17, 15) is 9.90 Å². The monoisotopic (exact) mass is 287 g/mol. The number of hydrogen-bond acceptors (Lipinski definition) is 2. The van der Waals surface area contributed by atoms with Crippen molar-refractivity contribution in [2.45, 2.75) is 32.7 Å². The van der Waals surface area contributed by atoms with Gasteiger partial charge in [0, 0.05) is 19.1 Å². The molecule has 0 aliphatic rings. The molecule has 0 bridgehead atoms. The van der Waals surface area contributed by atoms with Crippen LogP contribution in [0.2, 0.25) is 0 Å². The Morgan fingerprint density at radius 2 is 1.90 bits per heavy atom. The maximum absolute atomic E-state index is 11.2. The molecular weight excluding hydrogens is 262 g/mol. The van der Waals surface area contributed by atoms with Crippen molar-refractivity contribution < 1.29 is 9.90 Å². The molecule has 0 heterocycles. The van der Waals surface area contributed by atoms with Gasteiger partial charge >= 0.3 is 5.97 Å². The van der Waals surface area contributed by atoms with Gasteiger partial charge in [0.15, 0.2) is 0 Å². The third kappa shape index (κ3) is 5.56. The molecule has 1 aromatic carbocycles. The van der Waals surface area contributed by atoms with Crippen molar-refractivity contribution in [3.05, 3.63) is 60.2 Å². The van der Waals surface area contributed by atoms with E-state index in [1.54, 1.807) is 12.2 Å². The van der Waals surface area contributed by atoms with E-state index in [1.807, 2.05) is 0 Å². The van der Waals surface area contributed by atoms with Gasteiger partial charge in [-0.15, -0.1) is 13.2 Å². The molecule has 0 amide bonds. The molecule has 1 N–H and O–H groups in total. The van der Waals surface area contributed by atoms with Crippen LogP contribution in [-0.2, 0) is 11.2 Å². The minimum atomic E-state index is -0.775. The highest BCUT2D eigenvalue weighted by atomic mass is 16.4. The first-order chi connectivity index (χ1) is 9.97. The summed E-state index contributed by atoms with van der Waals surface area (Å²) >= 11 is 0. The molecule has 0 aliphatic heterocycles. The molecule has 21 heavy (non-hydrogen) atoms. The lowest BCUT2D eigenvalue weighted by molar-refractivity contribution is -0.138. The third-order valence-corrected chi connectivity index (χ3v) is 3.61. The molecule has 0 spiro atoms. The van der Waals surface area contributed by atoms with Crippen molar-refractivity contribution in [3.63, 3.8) is 0 Å². The molecule has 0 aliphatic carbocycles. The Hall–Kier alpha value is -1.87. The van der Waals surface area contributed by atoms with Gasteiger partial charge in [0.05, 0.1) is 6.42 Å². The molecule has 0 saturated heterocycles. The summed E-state index contributed by atoms with van der Waals surface area (Å²) in [4.78, 5) is 13.3. The number of benzene rings is 1. The Kier molecular flexibility index (Phi) is 6.89. The Balaban J connectivity index is 2.97. The second-order valence-corrected chi connectivity index (χ2v) is 5.42. The zero-order valence-electron chi connectivity index (χ0n) is 13.0. The van der Waals surface area contributed by atoms with Crippen molar-refractivity contribution in [3.8, 4) is 0 Å². The van der Waals surface area contributed by atoms with Gasteiger partial charge in [-0.2, -0.15) is 0 Å². The fraction of sp³-hybridized carbons (Fsp3) is 0.389. The fourth-order valence-electron chi connectivity index (χ4n) is 2.56. The quantitative estimate of drug-likeness (QED) is 0.708. The predicted molar refractivity (Wildman–Crippen MR) is 87.6 cm³/mol. The maximum Gasteiger partial charge on any atom is 0.304 e. The summed E-state index contributed by atoms with van der Waals surface area (Å²) in [6.45, 7) is 13.0. The summed E-state index contributed by atoms with van der Waals surface area (Å²) in [6, 6.07) is 6.25.